The molecule has 190 valence electrons. The van der Waals surface area contributed by atoms with Crippen molar-refractivity contribution in [3.05, 3.63) is 66.0 Å². The summed E-state index contributed by atoms with van der Waals surface area (Å²) in [6.45, 7) is 2.89. The van der Waals surface area contributed by atoms with Crippen molar-refractivity contribution in [2.45, 2.75) is 13.5 Å². The number of amides is 2. The predicted octanol–water partition coefficient (Wildman–Crippen LogP) is 2.12. The van der Waals surface area contributed by atoms with Crippen molar-refractivity contribution in [2.24, 2.45) is 0 Å². The molecular weight excluding hydrogens is 478 g/mol. The monoisotopic (exact) mass is 503 g/mol. The maximum Gasteiger partial charge on any atom is 0.410 e. The average Bonchev–Trinajstić information content (AvgIpc) is 3.58. The molecule has 1 aromatic carbocycles. The first-order chi connectivity index (χ1) is 18.0. The number of fused-ring (bicyclic) bond motifs is 1. The SMILES string of the molecule is COc1cnc(-n2cnc(C)n2)c2[nH]cc(C(=O)C(=O)N3CCN(C(=O)OCc4ccccc4)CC3)c12. The maximum atomic E-state index is 13.3. The van der Waals surface area contributed by atoms with Crippen LogP contribution in [0, 0.1) is 6.92 Å². The second-order valence-corrected chi connectivity index (χ2v) is 8.49. The van der Waals surface area contributed by atoms with Gasteiger partial charge < -0.3 is 24.3 Å². The smallest absolute Gasteiger partial charge is 0.410 e. The number of hydrogen-bond donors (Lipinski definition) is 1. The van der Waals surface area contributed by atoms with Gasteiger partial charge in [-0.25, -0.2) is 19.4 Å². The molecule has 1 N–H and O–H groups in total. The van der Waals surface area contributed by atoms with E-state index in [1.54, 1.807) is 6.92 Å². The van der Waals surface area contributed by atoms with E-state index in [2.05, 4.69) is 20.1 Å². The molecule has 0 bridgehead atoms. The normalized spacial score (nSPS) is 13.6. The summed E-state index contributed by atoms with van der Waals surface area (Å²) in [7, 11) is 1.47. The molecule has 12 nitrogen and oxygen atoms in total. The Hall–Kier alpha value is -4.74. The fourth-order valence-electron chi connectivity index (χ4n) is 4.22. The molecule has 2 amide bonds. The number of nitrogens with zero attached hydrogens (tertiary/aromatic N) is 6. The van der Waals surface area contributed by atoms with Gasteiger partial charge in [0.15, 0.2) is 5.82 Å². The van der Waals surface area contributed by atoms with E-state index >= 15 is 0 Å². The summed E-state index contributed by atoms with van der Waals surface area (Å²) in [6.07, 6.45) is 4.01. The fourth-order valence-corrected chi connectivity index (χ4v) is 4.22. The number of rotatable bonds is 6. The highest BCUT2D eigenvalue weighted by molar-refractivity contribution is 6.45. The van der Waals surface area contributed by atoms with Gasteiger partial charge in [0, 0.05) is 32.4 Å². The molecule has 4 heterocycles. The van der Waals surface area contributed by atoms with Gasteiger partial charge in [-0.1, -0.05) is 30.3 Å². The molecule has 5 rings (SSSR count). The number of hydrogen-bond acceptors (Lipinski definition) is 8. The molecule has 0 aliphatic carbocycles. The molecular formula is C25H25N7O5. The molecule has 0 atom stereocenters. The highest BCUT2D eigenvalue weighted by Crippen LogP contribution is 2.31. The summed E-state index contributed by atoms with van der Waals surface area (Å²) in [6, 6.07) is 9.40. The maximum absolute atomic E-state index is 13.3. The van der Waals surface area contributed by atoms with Crippen molar-refractivity contribution >= 4 is 28.7 Å². The number of piperazine rings is 1. The van der Waals surface area contributed by atoms with Crippen LogP contribution in [-0.2, 0) is 16.1 Å². The minimum absolute atomic E-state index is 0.169. The van der Waals surface area contributed by atoms with Crippen molar-refractivity contribution in [3.8, 4) is 11.6 Å². The topological polar surface area (TPSA) is 136 Å². The first-order valence-electron chi connectivity index (χ1n) is 11.7. The highest BCUT2D eigenvalue weighted by atomic mass is 16.6. The van der Waals surface area contributed by atoms with E-state index in [4.69, 9.17) is 9.47 Å². The molecule has 0 unspecified atom stereocenters. The van der Waals surface area contributed by atoms with E-state index in [0.29, 0.717) is 28.3 Å². The van der Waals surface area contributed by atoms with Crippen molar-refractivity contribution in [3.63, 3.8) is 0 Å². The van der Waals surface area contributed by atoms with Crippen LogP contribution in [0.15, 0.2) is 49.1 Å². The number of methoxy groups -OCH3 is 1. The lowest BCUT2D eigenvalue weighted by molar-refractivity contribution is -0.128. The third-order valence-corrected chi connectivity index (χ3v) is 6.17. The Kier molecular flexibility index (Phi) is 6.54. The van der Waals surface area contributed by atoms with Crippen LogP contribution < -0.4 is 4.74 Å². The minimum Gasteiger partial charge on any atom is -0.494 e. The Balaban J connectivity index is 1.28. The van der Waals surface area contributed by atoms with Crippen LogP contribution in [0.3, 0.4) is 0 Å². The summed E-state index contributed by atoms with van der Waals surface area (Å²) >= 11 is 0. The van der Waals surface area contributed by atoms with Crippen LogP contribution in [-0.4, -0.2) is 85.6 Å². The predicted molar refractivity (Wildman–Crippen MR) is 131 cm³/mol. The highest BCUT2D eigenvalue weighted by Gasteiger charge is 2.31. The average molecular weight is 504 g/mol. The number of ketones is 1. The largest absolute Gasteiger partial charge is 0.494 e. The fraction of sp³-hybridized carbons (Fsp3) is 0.280. The molecule has 0 spiro atoms. The van der Waals surface area contributed by atoms with Crippen molar-refractivity contribution in [2.75, 3.05) is 33.3 Å². The number of aryl methyl sites for hydroxylation is 1. The second-order valence-electron chi connectivity index (χ2n) is 8.49. The van der Waals surface area contributed by atoms with Crippen LogP contribution >= 0.6 is 0 Å². The summed E-state index contributed by atoms with van der Waals surface area (Å²) in [5.41, 5.74) is 1.55. The van der Waals surface area contributed by atoms with Gasteiger partial charge in [-0.2, -0.15) is 5.10 Å². The number of pyridine rings is 1. The number of aromatic amines is 1. The quantitative estimate of drug-likeness (QED) is 0.312. The lowest BCUT2D eigenvalue weighted by Gasteiger charge is -2.33. The first-order valence-corrected chi connectivity index (χ1v) is 11.7. The molecule has 0 radical (unpaired) electrons. The van der Waals surface area contributed by atoms with E-state index < -0.39 is 17.8 Å². The summed E-state index contributed by atoms with van der Waals surface area (Å²) in [5, 5.41) is 4.71. The number of carbonyl (C=O) groups is 3. The Morgan fingerprint density at radius 3 is 2.43 bits per heavy atom. The van der Waals surface area contributed by atoms with Crippen molar-refractivity contribution < 1.29 is 23.9 Å². The van der Waals surface area contributed by atoms with Gasteiger partial charge in [-0.05, 0) is 12.5 Å². The third kappa shape index (κ3) is 4.73. The Morgan fingerprint density at radius 2 is 1.76 bits per heavy atom. The number of Topliss-reactive ketones (excluding diaryl/α,β-unsaturated/α-hetero) is 1. The third-order valence-electron chi connectivity index (χ3n) is 6.17. The van der Waals surface area contributed by atoms with Crippen molar-refractivity contribution in [1.29, 1.82) is 0 Å². The number of ether oxygens (including phenoxy) is 2. The molecule has 0 saturated carbocycles. The lowest BCUT2D eigenvalue weighted by atomic mass is 10.1. The van der Waals surface area contributed by atoms with Crippen LogP contribution in [0.5, 0.6) is 5.75 Å². The van der Waals surface area contributed by atoms with E-state index in [1.165, 1.54) is 40.3 Å². The van der Waals surface area contributed by atoms with E-state index in [-0.39, 0.29) is 38.3 Å². The van der Waals surface area contributed by atoms with Crippen LogP contribution in [0.25, 0.3) is 16.7 Å². The summed E-state index contributed by atoms with van der Waals surface area (Å²) < 4.78 is 12.3. The Morgan fingerprint density at radius 1 is 1.03 bits per heavy atom. The standard InChI is InChI=1S/C25H25N7O5/c1-16-28-15-32(29-16)23-21-20(19(36-2)13-27-23)18(12-26-21)22(33)24(34)30-8-10-31(11-9-30)25(35)37-14-17-6-4-3-5-7-17/h3-7,12-13,15,26H,8-11,14H2,1-2H3. The molecule has 1 aliphatic heterocycles. The van der Waals surface area contributed by atoms with E-state index in [0.717, 1.165) is 5.56 Å². The first kappa shape index (κ1) is 24.0. The Labute approximate surface area is 211 Å². The molecule has 4 aromatic rings. The number of benzene rings is 1. The molecule has 3 aromatic heterocycles. The van der Waals surface area contributed by atoms with Crippen LogP contribution in [0.1, 0.15) is 21.7 Å². The van der Waals surface area contributed by atoms with Gasteiger partial charge in [0.25, 0.3) is 11.7 Å². The number of nitrogens with one attached hydrogen (secondary N) is 1. The summed E-state index contributed by atoms with van der Waals surface area (Å²) in [4.78, 5) is 53.4. The molecule has 12 heteroatoms. The minimum atomic E-state index is -0.684. The second kappa shape index (κ2) is 10.1. The van der Waals surface area contributed by atoms with Gasteiger partial charge in [0.2, 0.25) is 0 Å². The number of aromatic nitrogens is 5. The van der Waals surface area contributed by atoms with Gasteiger partial charge in [0.05, 0.1) is 29.8 Å². The lowest BCUT2D eigenvalue weighted by Crippen LogP contribution is -2.52. The Bertz CT molecular complexity index is 1450. The van der Waals surface area contributed by atoms with E-state index in [9.17, 15) is 14.4 Å². The van der Waals surface area contributed by atoms with Crippen LogP contribution in [0.4, 0.5) is 4.79 Å². The molecule has 1 fully saturated rings. The zero-order valence-corrected chi connectivity index (χ0v) is 20.4. The van der Waals surface area contributed by atoms with E-state index in [1.807, 2.05) is 30.3 Å². The van der Waals surface area contributed by atoms with Crippen LogP contribution in [0.2, 0.25) is 0 Å². The van der Waals surface area contributed by atoms with Gasteiger partial charge in [-0.3, -0.25) is 9.59 Å². The zero-order valence-electron chi connectivity index (χ0n) is 20.4. The van der Waals surface area contributed by atoms with Gasteiger partial charge in [-0.15, -0.1) is 0 Å². The zero-order chi connectivity index (χ0) is 25.9. The van der Waals surface area contributed by atoms with Crippen molar-refractivity contribution in [1.82, 2.24) is 34.5 Å². The van der Waals surface area contributed by atoms with Gasteiger partial charge in [0.1, 0.15) is 24.5 Å². The molecule has 1 saturated heterocycles. The van der Waals surface area contributed by atoms with Gasteiger partial charge >= 0.3 is 6.09 Å². The molecule has 1 aliphatic rings. The summed E-state index contributed by atoms with van der Waals surface area (Å²) in [5.74, 6) is -0.0109. The number of H-pyrrole nitrogens is 1. The molecule has 37 heavy (non-hydrogen) atoms. The number of carbonyl (C=O) groups excluding carboxylic acids is 3.